The highest BCUT2D eigenvalue weighted by atomic mass is 16.5. The van der Waals surface area contributed by atoms with Gasteiger partial charge in [0.2, 0.25) is 0 Å². The lowest BCUT2D eigenvalue weighted by molar-refractivity contribution is 0.112. The summed E-state index contributed by atoms with van der Waals surface area (Å²) in [6.45, 7) is 0. The Morgan fingerprint density at radius 1 is 1.05 bits per heavy atom. The first-order valence-corrected chi connectivity index (χ1v) is 6.36. The van der Waals surface area contributed by atoms with Gasteiger partial charge in [0.05, 0.1) is 19.5 Å². The number of phenolic OH excluding ortho intramolecular Hbond substituents is 2. The number of carbonyl (C=O) groups excluding carboxylic acids is 1. The van der Waals surface area contributed by atoms with Crippen molar-refractivity contribution in [3.63, 3.8) is 0 Å². The van der Waals surface area contributed by atoms with Gasteiger partial charge in [-0.1, -0.05) is 12.1 Å². The third kappa shape index (κ3) is 3.49. The van der Waals surface area contributed by atoms with E-state index >= 15 is 0 Å². The van der Waals surface area contributed by atoms with Crippen LogP contribution in [0.3, 0.4) is 0 Å². The van der Waals surface area contributed by atoms with Gasteiger partial charge >= 0.3 is 0 Å². The van der Waals surface area contributed by atoms with Crippen molar-refractivity contribution in [2.75, 3.05) is 7.11 Å². The van der Waals surface area contributed by atoms with Crippen LogP contribution in [-0.2, 0) is 0 Å². The SMILES string of the molecule is COc1cc(C=O)cc(/C=N/N=C/c2ccccc2O)c1O. The number of ether oxygens (including phenoxy) is 1. The average Bonchev–Trinajstić information content (AvgIpc) is 2.54. The highest BCUT2D eigenvalue weighted by Crippen LogP contribution is 2.29. The number of para-hydroxylation sites is 1. The second-order valence-electron chi connectivity index (χ2n) is 4.33. The van der Waals surface area contributed by atoms with E-state index in [9.17, 15) is 15.0 Å². The molecule has 0 saturated heterocycles. The normalized spacial score (nSPS) is 11.1. The fraction of sp³-hybridized carbons (Fsp3) is 0.0625. The molecule has 0 aliphatic rings. The van der Waals surface area contributed by atoms with Crippen LogP contribution in [0.1, 0.15) is 21.5 Å². The van der Waals surface area contributed by atoms with Gasteiger partial charge in [-0.3, -0.25) is 4.79 Å². The van der Waals surface area contributed by atoms with Crippen LogP contribution < -0.4 is 4.74 Å². The largest absolute Gasteiger partial charge is 0.507 e. The van der Waals surface area contributed by atoms with Gasteiger partial charge in [-0.2, -0.15) is 10.2 Å². The molecule has 0 amide bonds. The van der Waals surface area contributed by atoms with Gasteiger partial charge in [0.15, 0.2) is 11.5 Å². The Hall–Kier alpha value is -3.15. The number of hydrogen-bond donors (Lipinski definition) is 2. The minimum atomic E-state index is -0.130. The lowest BCUT2D eigenvalue weighted by Crippen LogP contribution is -1.92. The molecule has 0 unspecified atom stereocenters. The third-order valence-electron chi connectivity index (χ3n) is 2.88. The number of aromatic hydroxyl groups is 2. The van der Waals surface area contributed by atoms with Crippen molar-refractivity contribution >= 4 is 18.7 Å². The molecule has 0 spiro atoms. The Labute approximate surface area is 127 Å². The maximum Gasteiger partial charge on any atom is 0.166 e. The first kappa shape index (κ1) is 15.2. The molecular weight excluding hydrogens is 284 g/mol. The van der Waals surface area contributed by atoms with Crippen molar-refractivity contribution in [2.24, 2.45) is 10.2 Å². The third-order valence-corrected chi connectivity index (χ3v) is 2.88. The summed E-state index contributed by atoms with van der Waals surface area (Å²) in [5.74, 6) is 0.138. The summed E-state index contributed by atoms with van der Waals surface area (Å²) in [4.78, 5) is 10.9. The quantitative estimate of drug-likeness (QED) is 0.503. The summed E-state index contributed by atoms with van der Waals surface area (Å²) in [6.07, 6.45) is 3.32. The molecule has 0 heterocycles. The number of nitrogens with zero attached hydrogens (tertiary/aromatic N) is 2. The summed E-state index contributed by atoms with van der Waals surface area (Å²) in [5.41, 5.74) is 1.17. The van der Waals surface area contributed by atoms with Crippen LogP contribution in [0.4, 0.5) is 0 Å². The van der Waals surface area contributed by atoms with E-state index in [0.29, 0.717) is 23.0 Å². The van der Waals surface area contributed by atoms with Crippen molar-refractivity contribution in [2.45, 2.75) is 0 Å². The maximum atomic E-state index is 10.9. The van der Waals surface area contributed by atoms with Crippen molar-refractivity contribution < 1.29 is 19.7 Å². The molecule has 0 aliphatic carbocycles. The van der Waals surface area contributed by atoms with Gasteiger partial charge in [-0.05, 0) is 24.3 Å². The summed E-state index contributed by atoms with van der Waals surface area (Å²) in [7, 11) is 1.39. The van der Waals surface area contributed by atoms with Gasteiger partial charge in [0.25, 0.3) is 0 Å². The van der Waals surface area contributed by atoms with Crippen LogP contribution in [0.5, 0.6) is 17.2 Å². The van der Waals surface area contributed by atoms with Crippen LogP contribution in [0.25, 0.3) is 0 Å². The number of rotatable bonds is 5. The van der Waals surface area contributed by atoms with E-state index < -0.39 is 0 Å². The number of hydrogen-bond acceptors (Lipinski definition) is 6. The number of aldehydes is 1. The van der Waals surface area contributed by atoms with E-state index in [2.05, 4.69) is 10.2 Å². The average molecular weight is 298 g/mol. The zero-order valence-electron chi connectivity index (χ0n) is 11.8. The molecule has 0 bridgehead atoms. The summed E-state index contributed by atoms with van der Waals surface area (Å²) in [6, 6.07) is 9.56. The number of benzene rings is 2. The topological polar surface area (TPSA) is 91.5 Å². The van der Waals surface area contributed by atoms with E-state index in [1.807, 2.05) is 0 Å². The highest BCUT2D eigenvalue weighted by Gasteiger charge is 2.08. The molecule has 2 rings (SSSR count). The zero-order valence-corrected chi connectivity index (χ0v) is 11.8. The Bertz CT molecular complexity index is 739. The molecule has 2 N–H and O–H groups in total. The Balaban J connectivity index is 2.23. The first-order valence-electron chi connectivity index (χ1n) is 6.36. The summed E-state index contributed by atoms with van der Waals surface area (Å²) >= 11 is 0. The zero-order chi connectivity index (χ0) is 15.9. The fourth-order valence-corrected chi connectivity index (χ4v) is 1.76. The van der Waals surface area contributed by atoms with Gasteiger partial charge in [-0.25, -0.2) is 0 Å². The van der Waals surface area contributed by atoms with E-state index in [-0.39, 0.29) is 17.2 Å². The molecule has 0 aromatic heterocycles. The predicted octanol–water partition coefficient (Wildman–Crippen LogP) is 2.37. The highest BCUT2D eigenvalue weighted by molar-refractivity contribution is 5.90. The lowest BCUT2D eigenvalue weighted by atomic mass is 10.1. The number of phenols is 2. The second-order valence-corrected chi connectivity index (χ2v) is 4.33. The molecule has 112 valence electrons. The van der Waals surface area contributed by atoms with Crippen LogP contribution in [0, 0.1) is 0 Å². The minimum absolute atomic E-state index is 0.0916. The molecule has 2 aromatic rings. The molecule has 0 saturated carbocycles. The Kier molecular flexibility index (Phi) is 4.87. The van der Waals surface area contributed by atoms with E-state index in [4.69, 9.17) is 4.74 Å². The lowest BCUT2D eigenvalue weighted by Gasteiger charge is -2.06. The Morgan fingerprint density at radius 2 is 1.73 bits per heavy atom. The molecular formula is C16H14N2O4. The molecule has 0 atom stereocenters. The van der Waals surface area contributed by atoms with Crippen molar-refractivity contribution in [3.05, 3.63) is 53.1 Å². The standard InChI is InChI=1S/C16H14N2O4/c1-22-15-7-11(10-19)6-13(16(15)21)9-18-17-8-12-4-2-3-5-14(12)20/h2-10,20-21H,1H3/b17-8+,18-9+. The molecule has 6 heteroatoms. The molecule has 6 nitrogen and oxygen atoms in total. The van der Waals surface area contributed by atoms with Crippen molar-refractivity contribution in [3.8, 4) is 17.2 Å². The maximum absolute atomic E-state index is 10.9. The molecule has 0 radical (unpaired) electrons. The van der Waals surface area contributed by atoms with Crippen LogP contribution >= 0.6 is 0 Å². The van der Waals surface area contributed by atoms with Crippen LogP contribution in [0.15, 0.2) is 46.6 Å². The van der Waals surface area contributed by atoms with E-state index in [1.165, 1.54) is 37.7 Å². The van der Waals surface area contributed by atoms with E-state index in [1.54, 1.807) is 18.2 Å². The van der Waals surface area contributed by atoms with Gasteiger partial charge in [-0.15, -0.1) is 0 Å². The number of methoxy groups -OCH3 is 1. The molecule has 22 heavy (non-hydrogen) atoms. The monoisotopic (exact) mass is 298 g/mol. The molecule has 2 aromatic carbocycles. The van der Waals surface area contributed by atoms with Gasteiger partial charge in [0.1, 0.15) is 12.0 Å². The van der Waals surface area contributed by atoms with Crippen LogP contribution in [0.2, 0.25) is 0 Å². The van der Waals surface area contributed by atoms with Crippen LogP contribution in [-0.4, -0.2) is 36.0 Å². The molecule has 0 fully saturated rings. The summed E-state index contributed by atoms with van der Waals surface area (Å²) < 4.78 is 4.98. The fourth-order valence-electron chi connectivity index (χ4n) is 1.76. The second kappa shape index (κ2) is 7.03. The Morgan fingerprint density at radius 3 is 2.36 bits per heavy atom. The minimum Gasteiger partial charge on any atom is -0.507 e. The first-order chi connectivity index (χ1) is 10.7. The van der Waals surface area contributed by atoms with Crippen molar-refractivity contribution in [1.29, 1.82) is 0 Å². The van der Waals surface area contributed by atoms with Gasteiger partial charge in [0, 0.05) is 16.7 Å². The van der Waals surface area contributed by atoms with Gasteiger partial charge < -0.3 is 14.9 Å². The molecule has 0 aliphatic heterocycles. The van der Waals surface area contributed by atoms with E-state index in [0.717, 1.165) is 0 Å². The smallest absolute Gasteiger partial charge is 0.166 e. The van der Waals surface area contributed by atoms with Crippen molar-refractivity contribution in [1.82, 2.24) is 0 Å². The number of carbonyl (C=O) groups is 1. The predicted molar refractivity (Wildman–Crippen MR) is 83.3 cm³/mol. The summed E-state index contributed by atoms with van der Waals surface area (Å²) in [5, 5.41) is 27.1.